The Morgan fingerprint density at radius 2 is 1.69 bits per heavy atom. The van der Waals surface area contributed by atoms with Crippen molar-refractivity contribution in [3.8, 4) is 0 Å². The first-order chi connectivity index (χ1) is 6.06. The zero-order valence-electron chi connectivity index (χ0n) is 7.73. The molecule has 1 N–H and O–H groups in total. The van der Waals surface area contributed by atoms with Crippen LogP contribution in [-0.4, -0.2) is 30.2 Å². The minimum atomic E-state index is -3.74. The average molecular weight is 244 g/mol. The molecule has 0 aliphatic carbocycles. The van der Waals surface area contributed by atoms with Crippen LogP contribution in [0, 0.1) is 0 Å². The van der Waals surface area contributed by atoms with Crippen molar-refractivity contribution in [3.63, 3.8) is 0 Å². The Morgan fingerprint density at radius 1 is 1.15 bits per heavy atom. The molecule has 0 aromatic rings. The highest BCUT2D eigenvalue weighted by Gasteiger charge is 2.02. The number of rotatable bonds is 8. The lowest BCUT2D eigenvalue weighted by Crippen LogP contribution is -2.04. The molecule has 6 heteroatoms. The molecule has 13 heavy (non-hydrogen) atoms. The molecule has 0 unspecified atom stereocenters. The maximum atomic E-state index is 10.3. The molecule has 3 nitrogen and oxygen atoms in total. The van der Waals surface area contributed by atoms with Gasteiger partial charge in [-0.15, -0.1) is 0 Å². The van der Waals surface area contributed by atoms with E-state index in [0.29, 0.717) is 6.42 Å². The van der Waals surface area contributed by atoms with Crippen molar-refractivity contribution in [2.75, 3.05) is 17.3 Å². The lowest BCUT2D eigenvalue weighted by atomic mass is 10.4. The molecule has 0 radical (unpaired) electrons. The minimum Gasteiger partial charge on any atom is -0.286 e. The van der Waals surface area contributed by atoms with Crippen molar-refractivity contribution in [1.29, 1.82) is 0 Å². The molecule has 0 saturated heterocycles. The van der Waals surface area contributed by atoms with Crippen LogP contribution in [0.3, 0.4) is 0 Å². The van der Waals surface area contributed by atoms with E-state index in [0.717, 1.165) is 11.5 Å². The first-order valence-electron chi connectivity index (χ1n) is 4.26. The van der Waals surface area contributed by atoms with Crippen LogP contribution in [0.5, 0.6) is 0 Å². The van der Waals surface area contributed by atoms with Crippen LogP contribution >= 0.6 is 21.6 Å². The largest absolute Gasteiger partial charge is 0.286 e. The Kier molecular flexibility index (Phi) is 8.34. The van der Waals surface area contributed by atoms with Gasteiger partial charge in [0.2, 0.25) is 0 Å². The van der Waals surface area contributed by atoms with E-state index in [-0.39, 0.29) is 5.75 Å². The van der Waals surface area contributed by atoms with Crippen LogP contribution in [0.25, 0.3) is 0 Å². The summed E-state index contributed by atoms with van der Waals surface area (Å²) in [5.41, 5.74) is 0. The lowest BCUT2D eigenvalue weighted by molar-refractivity contribution is 0.482. The Hall–Kier alpha value is 0.610. The molecule has 0 saturated carbocycles. The van der Waals surface area contributed by atoms with Crippen LogP contribution in [0.1, 0.15) is 26.2 Å². The quantitative estimate of drug-likeness (QED) is 0.404. The van der Waals surface area contributed by atoms with E-state index in [2.05, 4.69) is 6.92 Å². The van der Waals surface area contributed by atoms with Crippen molar-refractivity contribution in [2.24, 2.45) is 0 Å². The number of hydrogen-bond donors (Lipinski definition) is 1. The fourth-order valence-electron chi connectivity index (χ4n) is 0.621. The van der Waals surface area contributed by atoms with Crippen molar-refractivity contribution < 1.29 is 13.0 Å². The fraction of sp³-hybridized carbons (Fsp3) is 1.00. The highest BCUT2D eigenvalue weighted by atomic mass is 33.1. The molecule has 0 atom stereocenters. The van der Waals surface area contributed by atoms with Gasteiger partial charge in [-0.3, -0.25) is 4.55 Å². The van der Waals surface area contributed by atoms with Crippen molar-refractivity contribution in [2.45, 2.75) is 26.2 Å². The molecule has 0 aliphatic heterocycles. The van der Waals surface area contributed by atoms with Crippen LogP contribution in [-0.2, 0) is 10.1 Å². The van der Waals surface area contributed by atoms with Gasteiger partial charge in [-0.1, -0.05) is 34.9 Å². The van der Waals surface area contributed by atoms with E-state index in [9.17, 15) is 8.42 Å². The van der Waals surface area contributed by atoms with Gasteiger partial charge in [0.15, 0.2) is 0 Å². The Morgan fingerprint density at radius 3 is 2.15 bits per heavy atom. The van der Waals surface area contributed by atoms with Gasteiger partial charge in [0.1, 0.15) is 0 Å². The second kappa shape index (κ2) is 7.96. The molecular formula is C7H16O3S3. The van der Waals surface area contributed by atoms with E-state index in [1.807, 2.05) is 0 Å². The summed E-state index contributed by atoms with van der Waals surface area (Å²) in [5, 5.41) is 0. The van der Waals surface area contributed by atoms with E-state index >= 15 is 0 Å². The fourth-order valence-corrected chi connectivity index (χ4v) is 3.63. The normalized spacial score (nSPS) is 11.8. The lowest BCUT2D eigenvalue weighted by Gasteiger charge is -1.98. The molecule has 0 amide bonds. The third-order valence-corrected chi connectivity index (χ3v) is 4.68. The molecular weight excluding hydrogens is 228 g/mol. The molecule has 0 aliphatic rings. The van der Waals surface area contributed by atoms with Gasteiger partial charge in [-0.05, 0) is 12.8 Å². The van der Waals surface area contributed by atoms with Crippen LogP contribution in [0.15, 0.2) is 0 Å². The van der Waals surface area contributed by atoms with Crippen molar-refractivity contribution >= 4 is 31.7 Å². The van der Waals surface area contributed by atoms with Crippen LogP contribution in [0.2, 0.25) is 0 Å². The molecule has 0 aromatic heterocycles. The van der Waals surface area contributed by atoms with Gasteiger partial charge < -0.3 is 0 Å². The summed E-state index contributed by atoms with van der Waals surface area (Å²) >= 11 is 0. The van der Waals surface area contributed by atoms with Gasteiger partial charge in [0.05, 0.1) is 5.75 Å². The summed E-state index contributed by atoms with van der Waals surface area (Å²) in [6.45, 7) is 2.14. The van der Waals surface area contributed by atoms with E-state index in [1.54, 1.807) is 21.6 Å². The predicted molar refractivity (Wildman–Crippen MR) is 60.9 cm³/mol. The zero-order valence-corrected chi connectivity index (χ0v) is 10.2. The third kappa shape index (κ3) is 12.6. The smallest absolute Gasteiger partial charge is 0.264 e. The van der Waals surface area contributed by atoms with E-state index < -0.39 is 10.1 Å². The van der Waals surface area contributed by atoms with Gasteiger partial charge >= 0.3 is 0 Å². The van der Waals surface area contributed by atoms with Gasteiger partial charge in [-0.25, -0.2) is 0 Å². The van der Waals surface area contributed by atoms with E-state index in [1.165, 1.54) is 12.8 Å². The molecule has 0 heterocycles. The SMILES string of the molecule is CCCCSSCCCS(=O)(=O)O. The predicted octanol–water partition coefficient (Wildman–Crippen LogP) is 2.45. The average Bonchev–Trinajstić information content (AvgIpc) is 2.01. The first kappa shape index (κ1) is 13.6. The standard InChI is InChI=1S/C7H16O3S3/c1-2-3-5-11-12-6-4-7-13(8,9)10/h2-7H2,1H3,(H,8,9,10). The number of unbranched alkanes of at least 4 members (excludes halogenated alkanes) is 1. The second-order valence-electron chi connectivity index (χ2n) is 2.64. The molecule has 0 bridgehead atoms. The monoisotopic (exact) mass is 244 g/mol. The van der Waals surface area contributed by atoms with E-state index in [4.69, 9.17) is 4.55 Å². The topological polar surface area (TPSA) is 54.4 Å². The third-order valence-electron chi connectivity index (χ3n) is 1.29. The summed E-state index contributed by atoms with van der Waals surface area (Å²) in [6, 6.07) is 0. The molecule has 0 spiro atoms. The van der Waals surface area contributed by atoms with Crippen molar-refractivity contribution in [3.05, 3.63) is 0 Å². The highest BCUT2D eigenvalue weighted by molar-refractivity contribution is 8.76. The Balaban J connectivity index is 3.09. The van der Waals surface area contributed by atoms with Gasteiger partial charge in [0.25, 0.3) is 10.1 Å². The maximum absolute atomic E-state index is 10.3. The second-order valence-corrected chi connectivity index (χ2v) is 6.91. The zero-order chi connectivity index (χ0) is 10.2. The van der Waals surface area contributed by atoms with Crippen LogP contribution < -0.4 is 0 Å². The Labute approximate surface area is 88.2 Å². The summed E-state index contributed by atoms with van der Waals surface area (Å²) < 4.78 is 29.0. The minimum absolute atomic E-state index is 0.117. The molecule has 0 rings (SSSR count). The number of hydrogen-bond acceptors (Lipinski definition) is 4. The Bertz CT molecular complexity index is 201. The summed E-state index contributed by atoms with van der Waals surface area (Å²) in [4.78, 5) is 0. The molecule has 80 valence electrons. The van der Waals surface area contributed by atoms with Gasteiger partial charge in [0, 0.05) is 11.5 Å². The maximum Gasteiger partial charge on any atom is 0.264 e. The van der Waals surface area contributed by atoms with Crippen molar-refractivity contribution in [1.82, 2.24) is 0 Å². The summed E-state index contributed by atoms with van der Waals surface area (Å²) in [6.07, 6.45) is 2.93. The molecule has 0 fully saturated rings. The van der Waals surface area contributed by atoms with Crippen LogP contribution in [0.4, 0.5) is 0 Å². The van der Waals surface area contributed by atoms with Gasteiger partial charge in [-0.2, -0.15) is 8.42 Å². The molecule has 0 aromatic carbocycles. The summed E-state index contributed by atoms with van der Waals surface area (Å²) in [5.74, 6) is 1.79. The first-order valence-corrected chi connectivity index (χ1v) is 8.35. The summed E-state index contributed by atoms with van der Waals surface area (Å²) in [7, 11) is -0.301. The highest BCUT2D eigenvalue weighted by Crippen LogP contribution is 2.23.